The van der Waals surface area contributed by atoms with Crippen molar-refractivity contribution in [2.45, 2.75) is 23.0 Å². The minimum Gasteiger partial charge on any atom is -0.443 e. The average molecular weight is 389 g/mol. The van der Waals surface area contributed by atoms with Crippen molar-refractivity contribution in [2.24, 2.45) is 0 Å². The molecule has 5 rings (SSSR count). The predicted octanol–water partition coefficient (Wildman–Crippen LogP) is 3.36. The van der Waals surface area contributed by atoms with Gasteiger partial charge in [-0.3, -0.25) is 0 Å². The molecule has 138 valence electrons. The molecule has 2 aromatic carbocycles. The Morgan fingerprint density at radius 3 is 2.89 bits per heavy atom. The number of oxazole rings is 1. The number of hydrogen-bond acceptors (Lipinski definition) is 6. The molecule has 0 aliphatic carbocycles. The summed E-state index contributed by atoms with van der Waals surface area (Å²) in [5.74, 6) is 0.441. The Kier molecular flexibility index (Phi) is 4.17. The zero-order chi connectivity index (χ0) is 18.9. The lowest BCUT2D eigenvalue weighted by Crippen LogP contribution is -2.36. The number of aromatic amines is 1. The van der Waals surface area contributed by atoms with Crippen molar-refractivity contribution in [3.8, 4) is 0 Å². The van der Waals surface area contributed by atoms with E-state index >= 15 is 0 Å². The van der Waals surface area contributed by atoms with Crippen LogP contribution in [0.2, 0.25) is 0 Å². The first-order valence-corrected chi connectivity index (χ1v) is 9.66. The standard InChI is InChI=1S/C20H16N6OS/c21-18-17-19(26(11-22-18)9-8-13-4-2-1-3-5-13)25-20(24-17)28-14-6-7-15-16(10-14)27-12-23-15/h1-7,10-12H,8-9H2,(H2,21,24,25)/p+1. The number of fused-ring (bicyclic) bond motifs is 2. The number of nitrogens with zero attached hydrogens (tertiary/aromatic N) is 4. The lowest BCUT2D eigenvalue weighted by Gasteiger charge is -2.02. The van der Waals surface area contributed by atoms with Crippen molar-refractivity contribution in [3.63, 3.8) is 0 Å². The van der Waals surface area contributed by atoms with Crippen LogP contribution in [0.4, 0.5) is 5.82 Å². The van der Waals surface area contributed by atoms with Gasteiger partial charge in [-0.2, -0.15) is 0 Å². The van der Waals surface area contributed by atoms with Gasteiger partial charge >= 0.3 is 0 Å². The van der Waals surface area contributed by atoms with Crippen LogP contribution in [0.3, 0.4) is 0 Å². The third-order valence-corrected chi connectivity index (χ3v) is 5.41. The maximum atomic E-state index is 6.07. The third kappa shape index (κ3) is 3.18. The minimum atomic E-state index is 0.441. The number of nitrogens with two attached hydrogens (primary N) is 1. The first kappa shape index (κ1) is 16.8. The molecule has 0 bridgehead atoms. The van der Waals surface area contributed by atoms with Gasteiger partial charge in [0.1, 0.15) is 5.52 Å². The number of nitrogens with one attached hydrogen (secondary N) is 1. The van der Waals surface area contributed by atoms with Crippen molar-refractivity contribution in [1.82, 2.24) is 19.9 Å². The summed E-state index contributed by atoms with van der Waals surface area (Å²) < 4.78 is 7.40. The van der Waals surface area contributed by atoms with Crippen LogP contribution in [0, 0.1) is 0 Å². The zero-order valence-corrected chi connectivity index (χ0v) is 15.7. The summed E-state index contributed by atoms with van der Waals surface area (Å²) in [6.07, 6.45) is 4.09. The number of nitrogen functional groups attached to an aromatic ring is 1. The van der Waals surface area contributed by atoms with E-state index in [0.29, 0.717) is 5.82 Å². The van der Waals surface area contributed by atoms with Gasteiger partial charge in [-0.15, -0.1) is 0 Å². The molecule has 0 aliphatic rings. The lowest BCUT2D eigenvalue weighted by atomic mass is 10.1. The molecule has 0 fully saturated rings. The molecule has 0 unspecified atom stereocenters. The minimum absolute atomic E-state index is 0.441. The first-order valence-electron chi connectivity index (χ1n) is 8.85. The molecule has 3 aromatic heterocycles. The second kappa shape index (κ2) is 6.97. The Morgan fingerprint density at radius 1 is 1.11 bits per heavy atom. The molecule has 0 spiro atoms. The van der Waals surface area contributed by atoms with E-state index in [9.17, 15) is 0 Å². The van der Waals surface area contributed by atoms with Gasteiger partial charge in [-0.05, 0) is 35.5 Å². The third-order valence-electron chi connectivity index (χ3n) is 4.53. The molecule has 0 atom stereocenters. The summed E-state index contributed by atoms with van der Waals surface area (Å²) in [6.45, 7) is 0.771. The van der Waals surface area contributed by atoms with Crippen molar-refractivity contribution in [3.05, 3.63) is 66.8 Å². The molecular weight excluding hydrogens is 372 g/mol. The molecule has 8 heteroatoms. The van der Waals surface area contributed by atoms with Gasteiger partial charge in [0.25, 0.3) is 5.65 Å². The fourth-order valence-corrected chi connectivity index (χ4v) is 3.91. The Hall–Kier alpha value is -3.39. The van der Waals surface area contributed by atoms with Crippen molar-refractivity contribution in [2.75, 3.05) is 5.73 Å². The van der Waals surface area contributed by atoms with Crippen LogP contribution in [0.5, 0.6) is 0 Å². The number of hydrogen-bond donors (Lipinski definition) is 2. The van der Waals surface area contributed by atoms with Gasteiger partial charge in [0.15, 0.2) is 17.5 Å². The molecule has 0 amide bonds. The van der Waals surface area contributed by atoms with E-state index < -0.39 is 0 Å². The number of aromatic nitrogens is 5. The average Bonchev–Trinajstić information content (AvgIpc) is 3.35. The van der Waals surface area contributed by atoms with Crippen LogP contribution in [-0.4, -0.2) is 19.9 Å². The second-order valence-corrected chi connectivity index (χ2v) is 7.45. The maximum Gasteiger partial charge on any atom is 0.294 e. The van der Waals surface area contributed by atoms with Gasteiger partial charge in [0.05, 0.1) is 6.54 Å². The molecule has 3 N–H and O–H groups in total. The summed E-state index contributed by atoms with van der Waals surface area (Å²) in [6, 6.07) is 16.2. The Bertz CT molecular complexity index is 1260. The Balaban J connectivity index is 1.44. The van der Waals surface area contributed by atoms with Crippen molar-refractivity contribution in [1.29, 1.82) is 0 Å². The number of benzene rings is 2. The highest BCUT2D eigenvalue weighted by atomic mass is 32.2. The van der Waals surface area contributed by atoms with Crippen LogP contribution in [0.1, 0.15) is 5.56 Å². The van der Waals surface area contributed by atoms with Crippen LogP contribution in [-0.2, 0) is 13.0 Å². The van der Waals surface area contributed by atoms with Gasteiger partial charge in [0, 0.05) is 11.3 Å². The summed E-state index contributed by atoms with van der Waals surface area (Å²) in [7, 11) is 0. The fourth-order valence-electron chi connectivity index (χ4n) is 3.10. The van der Waals surface area contributed by atoms with Crippen LogP contribution >= 0.6 is 11.8 Å². The highest BCUT2D eigenvalue weighted by molar-refractivity contribution is 7.99. The summed E-state index contributed by atoms with van der Waals surface area (Å²) in [4.78, 5) is 17.5. The summed E-state index contributed by atoms with van der Waals surface area (Å²) in [5.41, 5.74) is 10.5. The van der Waals surface area contributed by atoms with Gasteiger partial charge < -0.3 is 15.1 Å². The van der Waals surface area contributed by atoms with Gasteiger partial charge in [-0.25, -0.2) is 9.55 Å². The molecular formula is C20H17N6OS+. The highest BCUT2D eigenvalue weighted by Gasteiger charge is 2.19. The van der Waals surface area contributed by atoms with E-state index in [2.05, 4.69) is 27.1 Å². The first-order chi connectivity index (χ1) is 13.8. The predicted molar refractivity (Wildman–Crippen MR) is 107 cm³/mol. The highest BCUT2D eigenvalue weighted by Crippen LogP contribution is 2.29. The van der Waals surface area contributed by atoms with Crippen molar-refractivity contribution >= 4 is 39.8 Å². The molecule has 3 heterocycles. The zero-order valence-electron chi connectivity index (χ0n) is 14.9. The van der Waals surface area contributed by atoms with E-state index in [-0.39, 0.29) is 0 Å². The second-order valence-electron chi connectivity index (χ2n) is 6.38. The number of rotatable bonds is 5. The van der Waals surface area contributed by atoms with Crippen molar-refractivity contribution < 1.29 is 8.98 Å². The molecule has 0 saturated carbocycles. The molecule has 5 aromatic rings. The van der Waals surface area contributed by atoms with Crippen LogP contribution in [0.15, 0.2) is 75.7 Å². The number of H-pyrrole nitrogens is 1. The SMILES string of the molecule is Nc1nc[n+](CCc2ccccc2)c2nc(Sc3ccc4ncoc4c3)[nH]c12. The summed E-state index contributed by atoms with van der Waals surface area (Å²) in [5, 5.41) is 0.752. The fraction of sp³-hybridized carbons (Fsp3) is 0.100. The van der Waals surface area contributed by atoms with E-state index in [1.165, 1.54) is 23.7 Å². The van der Waals surface area contributed by atoms with E-state index in [4.69, 9.17) is 15.1 Å². The Morgan fingerprint density at radius 2 is 2.00 bits per heavy atom. The van der Waals surface area contributed by atoms with E-state index in [0.717, 1.165) is 45.3 Å². The normalized spacial score (nSPS) is 11.4. The molecule has 0 radical (unpaired) electrons. The summed E-state index contributed by atoms with van der Waals surface area (Å²) >= 11 is 1.51. The molecule has 0 saturated heterocycles. The van der Waals surface area contributed by atoms with Crippen LogP contribution in [0.25, 0.3) is 22.3 Å². The number of aryl methyl sites for hydroxylation is 2. The quantitative estimate of drug-likeness (QED) is 0.447. The van der Waals surface area contributed by atoms with Gasteiger partial charge in [0.2, 0.25) is 17.3 Å². The van der Waals surface area contributed by atoms with Gasteiger partial charge in [-0.1, -0.05) is 40.3 Å². The Labute approximate surface area is 164 Å². The molecule has 7 nitrogen and oxygen atoms in total. The lowest BCUT2D eigenvalue weighted by molar-refractivity contribution is -0.675. The topological polar surface area (TPSA) is 97.5 Å². The molecule has 28 heavy (non-hydrogen) atoms. The smallest absolute Gasteiger partial charge is 0.294 e. The number of imidazole rings is 1. The largest absolute Gasteiger partial charge is 0.443 e. The van der Waals surface area contributed by atoms with Crippen LogP contribution < -0.4 is 10.3 Å². The number of anilines is 1. The van der Waals surface area contributed by atoms with E-state index in [1.807, 2.05) is 41.0 Å². The van der Waals surface area contributed by atoms with E-state index in [1.54, 1.807) is 6.33 Å². The monoisotopic (exact) mass is 389 g/mol. The molecule has 0 aliphatic heterocycles. The maximum absolute atomic E-state index is 6.07.